The number of hydrogen-bond acceptors (Lipinski definition) is 6. The number of alkyl halides is 1. The fourth-order valence-electron chi connectivity index (χ4n) is 5.93. The average Bonchev–Trinajstić information content (AvgIpc) is 3.39. The third-order valence-corrected chi connectivity index (χ3v) is 8.07. The predicted molar refractivity (Wildman–Crippen MR) is 133 cm³/mol. The Morgan fingerprint density at radius 2 is 2.00 bits per heavy atom. The number of likely N-dealkylation sites (tertiary alicyclic amines) is 1. The fraction of sp³-hybridized carbons (Fsp3) is 0.640. The molecule has 3 saturated heterocycles. The van der Waals surface area contributed by atoms with Crippen molar-refractivity contribution in [2.75, 3.05) is 25.1 Å². The number of rotatable bonds is 10. The van der Waals surface area contributed by atoms with Gasteiger partial charge in [0.05, 0.1) is 31.2 Å². The lowest BCUT2D eigenvalue weighted by Gasteiger charge is -2.34. The van der Waals surface area contributed by atoms with Crippen LogP contribution in [0.3, 0.4) is 0 Å². The number of amides is 3. The van der Waals surface area contributed by atoms with Crippen molar-refractivity contribution in [3.8, 4) is 5.75 Å². The molecule has 2 bridgehead atoms. The Balaban J connectivity index is 1.61. The molecule has 192 valence electrons. The minimum Gasteiger partial charge on any atom is -0.494 e. The zero-order chi connectivity index (χ0) is 25.3. The van der Waals surface area contributed by atoms with E-state index < -0.39 is 29.6 Å². The molecule has 4 rings (SSSR count). The Hall–Kier alpha value is -2.17. The predicted octanol–water partition coefficient (Wildman–Crippen LogP) is 2.07. The van der Waals surface area contributed by atoms with Gasteiger partial charge in [-0.15, -0.1) is 0 Å². The minimum atomic E-state index is -1.12. The van der Waals surface area contributed by atoms with Gasteiger partial charge in [-0.2, -0.15) is 0 Å². The van der Waals surface area contributed by atoms with Crippen molar-refractivity contribution in [3.05, 3.63) is 24.3 Å². The number of hydrogen-bond donors (Lipinski definition) is 3. The van der Waals surface area contributed by atoms with E-state index in [4.69, 9.17) is 9.47 Å². The maximum absolute atomic E-state index is 13.6. The number of anilines is 1. The maximum atomic E-state index is 13.6. The normalized spacial score (nSPS) is 31.9. The van der Waals surface area contributed by atoms with Crippen LogP contribution in [0.2, 0.25) is 0 Å². The highest BCUT2D eigenvalue weighted by Crippen LogP contribution is 2.60. The molecular weight excluding hydrogens is 518 g/mol. The number of aliphatic hydroxyl groups is 1. The van der Waals surface area contributed by atoms with E-state index in [1.807, 2.05) is 20.8 Å². The van der Waals surface area contributed by atoms with E-state index >= 15 is 0 Å². The summed E-state index contributed by atoms with van der Waals surface area (Å²) in [7, 11) is 0. The van der Waals surface area contributed by atoms with Gasteiger partial charge in [0.15, 0.2) is 0 Å². The molecule has 1 aromatic rings. The summed E-state index contributed by atoms with van der Waals surface area (Å²) in [6, 6.07) is 6.07. The van der Waals surface area contributed by atoms with E-state index in [0.29, 0.717) is 24.5 Å². The molecule has 0 aliphatic carbocycles. The van der Waals surface area contributed by atoms with Gasteiger partial charge < -0.3 is 30.1 Å². The summed E-state index contributed by atoms with van der Waals surface area (Å²) in [6.07, 6.45) is 1.62. The third kappa shape index (κ3) is 4.56. The molecule has 3 aliphatic rings. The summed E-state index contributed by atoms with van der Waals surface area (Å²) in [5.41, 5.74) is -0.538. The lowest BCUT2D eigenvalue weighted by Crippen LogP contribution is -2.57. The summed E-state index contributed by atoms with van der Waals surface area (Å²) >= 11 is 3.65. The summed E-state index contributed by atoms with van der Waals surface area (Å²) in [6.45, 7) is 6.13. The Morgan fingerprint density at radius 1 is 1.29 bits per heavy atom. The largest absolute Gasteiger partial charge is 0.494 e. The van der Waals surface area contributed by atoms with Crippen LogP contribution in [-0.2, 0) is 19.1 Å². The first kappa shape index (κ1) is 25.9. The zero-order valence-corrected chi connectivity index (χ0v) is 21.9. The van der Waals surface area contributed by atoms with Crippen molar-refractivity contribution in [1.82, 2.24) is 10.2 Å². The van der Waals surface area contributed by atoms with Gasteiger partial charge in [-0.05, 0) is 51.0 Å². The van der Waals surface area contributed by atoms with Gasteiger partial charge in [0, 0.05) is 23.1 Å². The van der Waals surface area contributed by atoms with Crippen LogP contribution in [0, 0.1) is 11.8 Å². The summed E-state index contributed by atoms with van der Waals surface area (Å²) in [4.78, 5) is 41.8. The second kappa shape index (κ2) is 10.4. The van der Waals surface area contributed by atoms with Crippen molar-refractivity contribution in [2.45, 2.75) is 68.6 Å². The Kier molecular flexibility index (Phi) is 7.73. The van der Waals surface area contributed by atoms with Crippen molar-refractivity contribution in [3.63, 3.8) is 0 Å². The number of fused-ring (bicyclic) bond motifs is 1. The van der Waals surface area contributed by atoms with E-state index in [9.17, 15) is 19.5 Å². The number of nitrogens with one attached hydrogen (secondary N) is 2. The standard InChI is InChI=1S/C25H34BrN3O6/c1-4-6-14(3)27-23(32)21-25-13-17(26)20(35-25)18(19(25)24(33)29(21)11-12-30)22(31)28-15-7-9-16(10-8-15)34-5-2/h7-10,14,17-21,30H,4-6,11-13H2,1-3H3,(H,27,32)(H,28,31)/t14?,17?,18-,19+,20-,21?,25?/m1/s1. The van der Waals surface area contributed by atoms with Gasteiger partial charge in [0.2, 0.25) is 17.7 Å². The molecule has 3 amide bonds. The second-order valence-corrected chi connectivity index (χ2v) is 10.7. The maximum Gasteiger partial charge on any atom is 0.246 e. The van der Waals surface area contributed by atoms with Crippen LogP contribution in [0.1, 0.15) is 40.0 Å². The zero-order valence-electron chi connectivity index (χ0n) is 20.3. The van der Waals surface area contributed by atoms with Crippen LogP contribution in [0.25, 0.3) is 0 Å². The molecule has 9 nitrogen and oxygen atoms in total. The number of nitrogens with zero attached hydrogens (tertiary/aromatic N) is 1. The molecule has 3 fully saturated rings. The van der Waals surface area contributed by atoms with Crippen molar-refractivity contribution >= 4 is 39.3 Å². The number of benzene rings is 1. The summed E-state index contributed by atoms with van der Waals surface area (Å²) < 4.78 is 11.9. The Labute approximate surface area is 214 Å². The van der Waals surface area contributed by atoms with Gasteiger partial charge in [-0.25, -0.2) is 0 Å². The van der Waals surface area contributed by atoms with Gasteiger partial charge >= 0.3 is 0 Å². The average molecular weight is 552 g/mol. The fourth-order valence-corrected chi connectivity index (χ4v) is 6.87. The van der Waals surface area contributed by atoms with Crippen LogP contribution in [-0.4, -0.2) is 76.1 Å². The first-order valence-corrected chi connectivity index (χ1v) is 13.3. The van der Waals surface area contributed by atoms with E-state index in [2.05, 4.69) is 26.6 Å². The monoisotopic (exact) mass is 551 g/mol. The third-order valence-electron chi connectivity index (χ3n) is 7.22. The SMILES string of the molecule is CCCC(C)NC(=O)C1N(CCO)C(=O)[C@@H]2[C@@H](C(=O)Nc3ccc(OCC)cc3)[C@@H]3OC12CC3Br. The first-order chi connectivity index (χ1) is 16.8. The smallest absolute Gasteiger partial charge is 0.246 e. The summed E-state index contributed by atoms with van der Waals surface area (Å²) in [5, 5.41) is 15.6. The van der Waals surface area contributed by atoms with E-state index in [-0.39, 0.29) is 41.7 Å². The molecule has 3 heterocycles. The van der Waals surface area contributed by atoms with Gasteiger partial charge in [0.1, 0.15) is 17.4 Å². The van der Waals surface area contributed by atoms with Crippen LogP contribution in [0.15, 0.2) is 24.3 Å². The highest BCUT2D eigenvalue weighted by Gasteiger charge is 2.76. The van der Waals surface area contributed by atoms with E-state index in [1.54, 1.807) is 24.3 Å². The molecule has 0 saturated carbocycles. The molecule has 10 heteroatoms. The highest BCUT2D eigenvalue weighted by molar-refractivity contribution is 9.09. The molecule has 7 atom stereocenters. The molecule has 4 unspecified atom stereocenters. The molecule has 3 aliphatic heterocycles. The number of carbonyl (C=O) groups is 3. The number of carbonyl (C=O) groups excluding carboxylic acids is 3. The Morgan fingerprint density at radius 3 is 2.63 bits per heavy atom. The number of β-amino-alcohol motifs (C(OH)–C–C–N with tert-alkyl or cyclic N) is 1. The number of halogens is 1. The number of aliphatic hydroxyl groups excluding tert-OH is 1. The van der Waals surface area contributed by atoms with Gasteiger partial charge in [-0.3, -0.25) is 14.4 Å². The van der Waals surface area contributed by atoms with Crippen molar-refractivity contribution in [1.29, 1.82) is 0 Å². The second-order valence-electron chi connectivity index (χ2n) is 9.56. The van der Waals surface area contributed by atoms with Crippen molar-refractivity contribution < 1.29 is 29.0 Å². The lowest BCUT2D eigenvalue weighted by molar-refractivity contribution is -0.142. The molecule has 35 heavy (non-hydrogen) atoms. The van der Waals surface area contributed by atoms with Crippen molar-refractivity contribution in [2.24, 2.45) is 11.8 Å². The van der Waals surface area contributed by atoms with Gasteiger partial charge in [0.25, 0.3) is 0 Å². The molecule has 0 aromatic heterocycles. The molecule has 0 radical (unpaired) electrons. The van der Waals surface area contributed by atoms with Gasteiger partial charge in [-0.1, -0.05) is 29.3 Å². The molecule has 1 aromatic carbocycles. The first-order valence-electron chi connectivity index (χ1n) is 12.3. The summed E-state index contributed by atoms with van der Waals surface area (Å²) in [5.74, 6) is -1.82. The molecular formula is C25H34BrN3O6. The van der Waals surface area contributed by atoms with Crippen LogP contribution in [0.5, 0.6) is 5.75 Å². The minimum absolute atomic E-state index is 0.00549. The topological polar surface area (TPSA) is 117 Å². The number of ether oxygens (including phenoxy) is 2. The van der Waals surface area contributed by atoms with Crippen LogP contribution >= 0.6 is 15.9 Å². The Bertz CT molecular complexity index is 959. The van der Waals surface area contributed by atoms with Crippen LogP contribution < -0.4 is 15.4 Å². The quantitative estimate of drug-likeness (QED) is 0.383. The molecule has 3 N–H and O–H groups in total. The van der Waals surface area contributed by atoms with E-state index in [1.165, 1.54) is 4.90 Å². The van der Waals surface area contributed by atoms with E-state index in [0.717, 1.165) is 12.8 Å². The highest BCUT2D eigenvalue weighted by atomic mass is 79.9. The molecule has 1 spiro atoms. The lowest BCUT2D eigenvalue weighted by atomic mass is 9.70. The van der Waals surface area contributed by atoms with Crippen LogP contribution in [0.4, 0.5) is 5.69 Å².